The van der Waals surface area contributed by atoms with Gasteiger partial charge in [0.1, 0.15) is 18.0 Å². The molecule has 0 bridgehead atoms. The van der Waals surface area contributed by atoms with Crippen LogP contribution in [-0.4, -0.2) is 28.6 Å². The largest absolute Gasteiger partial charge is 0.507 e. The number of halogens is 1. The van der Waals surface area contributed by atoms with E-state index in [0.717, 1.165) is 16.7 Å². The molecule has 134 valence electrons. The summed E-state index contributed by atoms with van der Waals surface area (Å²) in [7, 11) is 1.59. The lowest BCUT2D eigenvalue weighted by molar-refractivity contribution is -0.122. The van der Waals surface area contributed by atoms with Crippen LogP contribution in [0.5, 0.6) is 11.5 Å². The van der Waals surface area contributed by atoms with Crippen LogP contribution in [0.4, 0.5) is 0 Å². The van der Waals surface area contributed by atoms with Crippen molar-refractivity contribution in [3.63, 3.8) is 0 Å². The maximum absolute atomic E-state index is 12.1. The van der Waals surface area contributed by atoms with Gasteiger partial charge in [0.15, 0.2) is 0 Å². The Hall–Kier alpha value is -3.19. The van der Waals surface area contributed by atoms with E-state index in [4.69, 9.17) is 16.3 Å². The first-order valence-electron chi connectivity index (χ1n) is 7.68. The molecule has 0 unspecified atom stereocenters. The number of rotatable bonds is 4. The molecule has 2 amide bonds. The fraction of sp³-hybridized carbons (Fsp3) is 0.111. The summed E-state index contributed by atoms with van der Waals surface area (Å²) in [5.41, 5.74) is 5.40. The molecule has 0 aliphatic heterocycles. The molecule has 3 rings (SSSR count). The fourth-order valence-electron chi connectivity index (χ4n) is 2.52. The van der Waals surface area contributed by atoms with Crippen LogP contribution in [0.25, 0.3) is 10.9 Å². The Labute approximate surface area is 154 Å². The number of phenols is 1. The van der Waals surface area contributed by atoms with Crippen LogP contribution in [0.2, 0.25) is 5.02 Å². The summed E-state index contributed by atoms with van der Waals surface area (Å²) in [6, 6.07) is 11.5. The Morgan fingerprint density at radius 2 is 1.96 bits per heavy atom. The first kappa shape index (κ1) is 17.6. The van der Waals surface area contributed by atoms with Gasteiger partial charge in [-0.25, -0.2) is 0 Å². The third kappa shape index (κ3) is 3.73. The molecule has 2 aromatic carbocycles. The van der Waals surface area contributed by atoms with E-state index in [2.05, 4.69) is 10.9 Å². The topological polar surface area (TPSA) is 92.6 Å². The zero-order valence-corrected chi connectivity index (χ0v) is 14.6. The molecule has 3 N–H and O–H groups in total. The van der Waals surface area contributed by atoms with Crippen LogP contribution in [-0.2, 0) is 11.3 Å². The highest BCUT2D eigenvalue weighted by atomic mass is 35.5. The van der Waals surface area contributed by atoms with Gasteiger partial charge in [0, 0.05) is 22.1 Å². The number of hydrogen-bond acceptors (Lipinski definition) is 4. The summed E-state index contributed by atoms with van der Waals surface area (Å²) < 4.78 is 6.91. The lowest BCUT2D eigenvalue weighted by Crippen LogP contribution is -2.43. The number of amides is 2. The second kappa shape index (κ2) is 7.37. The number of methoxy groups -OCH3 is 1. The van der Waals surface area contributed by atoms with Crippen LogP contribution in [0.1, 0.15) is 10.4 Å². The van der Waals surface area contributed by atoms with Crippen molar-refractivity contribution in [1.29, 1.82) is 0 Å². The molecule has 0 spiro atoms. The summed E-state index contributed by atoms with van der Waals surface area (Å²) in [4.78, 5) is 24.1. The van der Waals surface area contributed by atoms with Crippen molar-refractivity contribution in [2.45, 2.75) is 6.54 Å². The second-order valence-electron chi connectivity index (χ2n) is 5.53. The van der Waals surface area contributed by atoms with Gasteiger partial charge in [-0.15, -0.1) is 0 Å². The summed E-state index contributed by atoms with van der Waals surface area (Å²) in [5, 5.41) is 10.9. The van der Waals surface area contributed by atoms with Gasteiger partial charge in [-0.2, -0.15) is 0 Å². The van der Waals surface area contributed by atoms with Crippen LogP contribution in [0, 0.1) is 0 Å². The van der Waals surface area contributed by atoms with E-state index in [0.29, 0.717) is 5.02 Å². The highest BCUT2D eigenvalue weighted by Crippen LogP contribution is 2.22. The van der Waals surface area contributed by atoms with Crippen LogP contribution in [0.3, 0.4) is 0 Å². The number of aromatic hydroxyl groups is 1. The van der Waals surface area contributed by atoms with Gasteiger partial charge >= 0.3 is 0 Å². The number of nitrogens with zero attached hydrogens (tertiary/aromatic N) is 1. The van der Waals surface area contributed by atoms with Gasteiger partial charge in [-0.1, -0.05) is 11.6 Å². The Morgan fingerprint density at radius 1 is 1.15 bits per heavy atom. The lowest BCUT2D eigenvalue weighted by Gasteiger charge is -2.10. The van der Waals surface area contributed by atoms with Gasteiger partial charge in [0.25, 0.3) is 11.8 Å². The number of fused-ring (bicyclic) bond motifs is 1. The molecule has 26 heavy (non-hydrogen) atoms. The molecule has 0 aliphatic carbocycles. The molecular formula is C18H16ClN3O4. The van der Waals surface area contributed by atoms with Gasteiger partial charge in [-0.3, -0.25) is 20.4 Å². The molecule has 8 heteroatoms. The Kier molecular flexibility index (Phi) is 4.99. The van der Waals surface area contributed by atoms with Crippen molar-refractivity contribution in [2.24, 2.45) is 0 Å². The van der Waals surface area contributed by atoms with Crippen LogP contribution in [0.15, 0.2) is 48.7 Å². The van der Waals surface area contributed by atoms with Crippen molar-refractivity contribution in [2.75, 3.05) is 7.11 Å². The minimum absolute atomic E-state index is 0.0115. The highest BCUT2D eigenvalue weighted by molar-refractivity contribution is 6.31. The molecule has 0 fully saturated rings. The molecule has 0 radical (unpaired) electrons. The van der Waals surface area contributed by atoms with Gasteiger partial charge < -0.3 is 14.4 Å². The zero-order valence-electron chi connectivity index (χ0n) is 13.8. The predicted octanol–water partition coefficient (Wildman–Crippen LogP) is 2.47. The lowest BCUT2D eigenvalue weighted by atomic mass is 10.2. The van der Waals surface area contributed by atoms with Crippen molar-refractivity contribution in [3.8, 4) is 11.5 Å². The molecule has 0 saturated heterocycles. The normalized spacial score (nSPS) is 10.5. The van der Waals surface area contributed by atoms with E-state index >= 15 is 0 Å². The smallest absolute Gasteiger partial charge is 0.273 e. The first-order chi connectivity index (χ1) is 12.5. The fourth-order valence-corrected chi connectivity index (χ4v) is 2.69. The third-order valence-electron chi connectivity index (χ3n) is 3.81. The van der Waals surface area contributed by atoms with E-state index in [1.54, 1.807) is 23.9 Å². The minimum Gasteiger partial charge on any atom is -0.507 e. The van der Waals surface area contributed by atoms with Crippen molar-refractivity contribution in [1.82, 2.24) is 15.4 Å². The molecule has 0 atom stereocenters. The van der Waals surface area contributed by atoms with Crippen molar-refractivity contribution < 1.29 is 19.4 Å². The zero-order chi connectivity index (χ0) is 18.7. The second-order valence-corrected chi connectivity index (χ2v) is 5.97. The Morgan fingerprint density at radius 3 is 2.73 bits per heavy atom. The number of carbonyl (C=O) groups is 2. The quantitative estimate of drug-likeness (QED) is 0.612. The number of hydrogen-bond donors (Lipinski definition) is 3. The Balaban J connectivity index is 1.64. The molecule has 3 aromatic rings. The maximum Gasteiger partial charge on any atom is 0.273 e. The van der Waals surface area contributed by atoms with Crippen molar-refractivity contribution in [3.05, 3.63) is 59.2 Å². The summed E-state index contributed by atoms with van der Waals surface area (Å²) in [6.07, 6.45) is 1.77. The van der Waals surface area contributed by atoms with E-state index in [9.17, 15) is 14.7 Å². The highest BCUT2D eigenvalue weighted by Gasteiger charge is 2.13. The summed E-state index contributed by atoms with van der Waals surface area (Å²) >= 11 is 5.80. The molecule has 0 saturated carbocycles. The minimum atomic E-state index is -0.666. The standard InChI is InChI=1S/C18H16ClN3O4/c1-26-13-3-4-15-11(8-13)6-7-22(15)10-17(24)20-21-18(25)14-9-12(19)2-5-16(14)23/h2-9,23H,10H2,1H3,(H,20,24)(H,21,25). The van der Waals surface area contributed by atoms with E-state index in [-0.39, 0.29) is 17.9 Å². The average Bonchev–Trinajstić information content (AvgIpc) is 3.03. The number of aromatic nitrogens is 1. The third-order valence-corrected chi connectivity index (χ3v) is 4.05. The molecular weight excluding hydrogens is 358 g/mol. The number of hydrazine groups is 1. The number of carbonyl (C=O) groups excluding carboxylic acids is 2. The van der Waals surface area contributed by atoms with Gasteiger partial charge in [0.05, 0.1) is 12.7 Å². The number of benzene rings is 2. The number of nitrogens with one attached hydrogen (secondary N) is 2. The molecule has 1 heterocycles. The average molecular weight is 374 g/mol. The predicted molar refractivity (Wildman–Crippen MR) is 97.2 cm³/mol. The maximum atomic E-state index is 12.1. The number of phenolic OH excluding ortho intramolecular Hbond substituents is 1. The van der Waals surface area contributed by atoms with E-state index in [1.165, 1.54) is 18.2 Å². The van der Waals surface area contributed by atoms with E-state index in [1.807, 2.05) is 18.2 Å². The van der Waals surface area contributed by atoms with Crippen LogP contribution >= 0.6 is 11.6 Å². The number of ether oxygens (including phenoxy) is 1. The summed E-state index contributed by atoms with van der Waals surface area (Å²) in [6.45, 7) is 0.0115. The van der Waals surface area contributed by atoms with Crippen molar-refractivity contribution >= 4 is 34.3 Å². The van der Waals surface area contributed by atoms with Crippen LogP contribution < -0.4 is 15.6 Å². The molecule has 7 nitrogen and oxygen atoms in total. The Bertz CT molecular complexity index is 984. The van der Waals surface area contributed by atoms with E-state index < -0.39 is 11.8 Å². The summed E-state index contributed by atoms with van der Waals surface area (Å²) in [5.74, 6) is -0.589. The SMILES string of the molecule is COc1ccc2c(ccn2CC(=O)NNC(=O)c2cc(Cl)ccc2O)c1. The molecule has 1 aromatic heterocycles. The molecule has 0 aliphatic rings. The first-order valence-corrected chi connectivity index (χ1v) is 8.06. The monoisotopic (exact) mass is 373 g/mol. The van der Waals surface area contributed by atoms with Gasteiger partial charge in [-0.05, 0) is 42.5 Å². The van der Waals surface area contributed by atoms with Gasteiger partial charge in [0.2, 0.25) is 0 Å².